The van der Waals surface area contributed by atoms with Gasteiger partial charge in [-0.3, -0.25) is 10.00 Å². The van der Waals surface area contributed by atoms with E-state index in [1.165, 1.54) is 6.20 Å². The summed E-state index contributed by atoms with van der Waals surface area (Å²) in [5.41, 5.74) is 9.14. The van der Waals surface area contributed by atoms with Crippen LogP contribution < -0.4 is 20.1 Å². The van der Waals surface area contributed by atoms with Crippen molar-refractivity contribution in [2.75, 3.05) is 37.4 Å². The number of likely N-dealkylation sites (N-methyl/N-ethyl adjacent to an activating group) is 1. The molecule has 14 heteroatoms. The maximum absolute atomic E-state index is 17.3. The number of pyridine rings is 2. The van der Waals surface area contributed by atoms with Crippen LogP contribution in [-0.4, -0.2) is 73.4 Å². The van der Waals surface area contributed by atoms with E-state index in [0.717, 1.165) is 43.2 Å². The third-order valence-corrected chi connectivity index (χ3v) is 10.8. The number of ether oxygens (including phenoxy) is 2. The lowest BCUT2D eigenvalue weighted by atomic mass is 9.95. The van der Waals surface area contributed by atoms with E-state index in [-0.39, 0.29) is 53.2 Å². The molecule has 3 atom stereocenters. The summed E-state index contributed by atoms with van der Waals surface area (Å²) in [6.45, 7) is 7.68. The summed E-state index contributed by atoms with van der Waals surface area (Å²) in [5, 5.41) is 9.29. The summed E-state index contributed by atoms with van der Waals surface area (Å²) in [5.74, 6) is 0.559. The van der Waals surface area contributed by atoms with Crippen LogP contribution in [0, 0.1) is 5.82 Å². The fourth-order valence-corrected chi connectivity index (χ4v) is 7.81. The van der Waals surface area contributed by atoms with Gasteiger partial charge in [0.2, 0.25) is 5.88 Å². The number of rotatable bonds is 7. The van der Waals surface area contributed by atoms with Crippen molar-refractivity contribution in [1.82, 2.24) is 35.0 Å². The van der Waals surface area contributed by atoms with Gasteiger partial charge in [-0.05, 0) is 83.7 Å². The number of hydrogen-bond acceptors (Lipinski definition) is 10. The number of nitrogens with one attached hydrogen (secondary N) is 1. The summed E-state index contributed by atoms with van der Waals surface area (Å²) in [4.78, 5) is 23.2. The Bertz CT molecular complexity index is 2090. The van der Waals surface area contributed by atoms with Crippen LogP contribution in [0.15, 0.2) is 24.5 Å². The van der Waals surface area contributed by atoms with Crippen molar-refractivity contribution in [3.05, 3.63) is 51.5 Å². The second-order valence-corrected chi connectivity index (χ2v) is 14.4. The first-order chi connectivity index (χ1) is 23.0. The Balaban J connectivity index is 1.37. The minimum Gasteiger partial charge on any atom is -0.475 e. The second-order valence-electron chi connectivity index (χ2n) is 13.6. The SMILES string of the molecule is C[C@H](c1cc(Cl)cnc1N)N1c2nc(OC[C@@]3(C)CCCN3C)nc3c(F)c(-c4c(C5CC5)c(Cl)cc5[nH]ncc45)nc(c23)OC[C@@H]1C. The highest BCUT2D eigenvalue weighted by Crippen LogP contribution is 2.51. The summed E-state index contributed by atoms with van der Waals surface area (Å²) < 4.78 is 30.1. The zero-order chi connectivity index (χ0) is 33.5. The van der Waals surface area contributed by atoms with Gasteiger partial charge in [0.15, 0.2) is 5.82 Å². The molecule has 3 aliphatic rings. The summed E-state index contributed by atoms with van der Waals surface area (Å²) in [6, 6.07) is 3.06. The van der Waals surface area contributed by atoms with Gasteiger partial charge in [0.1, 0.15) is 41.4 Å². The number of nitrogen functional groups attached to an aromatic ring is 1. The molecule has 1 saturated carbocycles. The molecule has 11 nitrogen and oxygen atoms in total. The number of aromatic amines is 1. The number of nitrogens with two attached hydrogens (primary N) is 1. The predicted molar refractivity (Wildman–Crippen MR) is 185 cm³/mol. The average molecular weight is 693 g/mol. The highest BCUT2D eigenvalue weighted by molar-refractivity contribution is 6.33. The average Bonchev–Trinajstić information content (AvgIpc) is 3.73. The number of halogens is 3. The molecular weight excluding hydrogens is 656 g/mol. The smallest absolute Gasteiger partial charge is 0.319 e. The van der Waals surface area contributed by atoms with Gasteiger partial charge in [0, 0.05) is 27.7 Å². The Labute approximate surface area is 287 Å². The Morgan fingerprint density at radius 2 is 2.02 bits per heavy atom. The van der Waals surface area contributed by atoms with E-state index in [0.29, 0.717) is 50.3 Å². The van der Waals surface area contributed by atoms with Crippen molar-refractivity contribution < 1.29 is 13.9 Å². The summed E-state index contributed by atoms with van der Waals surface area (Å²) in [7, 11) is 2.08. The molecule has 2 fully saturated rings. The summed E-state index contributed by atoms with van der Waals surface area (Å²) in [6.07, 6.45) is 7.13. The van der Waals surface area contributed by atoms with E-state index in [1.54, 1.807) is 12.3 Å². The Kier molecular flexibility index (Phi) is 7.53. The van der Waals surface area contributed by atoms with Gasteiger partial charge in [-0.2, -0.15) is 15.1 Å². The molecular formula is C34H36Cl2FN9O2. The van der Waals surface area contributed by atoms with Crippen LogP contribution in [0.1, 0.15) is 69.5 Å². The Morgan fingerprint density at radius 3 is 2.77 bits per heavy atom. The minimum atomic E-state index is -0.618. The Hall–Kier alpha value is -4.00. The molecule has 0 amide bonds. The van der Waals surface area contributed by atoms with E-state index in [2.05, 4.69) is 34.1 Å². The standard InChI is InChI=1S/C34H36Cl2FN9O2/c1-16-14-47-32-26-29(27(37)28(41-32)25-21-13-40-44-23(21)11-22(36)24(25)18-6-7-18)42-33(48-15-34(3)8-5-9-45(34)4)43-31(26)46(16)17(2)20-10-19(35)12-39-30(20)38/h10-13,16-18H,5-9,14-15H2,1-4H3,(H2,38,39)(H,40,44)/t16-,17+,34+/m0/s1. The van der Waals surface area contributed by atoms with Crippen LogP contribution >= 0.6 is 23.2 Å². The zero-order valence-electron chi connectivity index (χ0n) is 27.1. The largest absolute Gasteiger partial charge is 0.475 e. The van der Waals surface area contributed by atoms with Gasteiger partial charge in [-0.25, -0.2) is 14.4 Å². The third kappa shape index (κ3) is 5.07. The third-order valence-electron chi connectivity index (χ3n) is 10.3. The van der Waals surface area contributed by atoms with Gasteiger partial charge in [0.25, 0.3) is 0 Å². The van der Waals surface area contributed by atoms with Gasteiger partial charge < -0.3 is 20.1 Å². The second kappa shape index (κ2) is 11.6. The van der Waals surface area contributed by atoms with Gasteiger partial charge >= 0.3 is 6.01 Å². The van der Waals surface area contributed by atoms with Crippen LogP contribution in [0.4, 0.5) is 16.0 Å². The maximum atomic E-state index is 17.3. The van der Waals surface area contributed by atoms with E-state index < -0.39 is 5.82 Å². The minimum absolute atomic E-state index is 0.0433. The normalized spacial score (nSPS) is 21.9. The molecule has 4 aromatic heterocycles. The highest BCUT2D eigenvalue weighted by Gasteiger charge is 2.38. The Morgan fingerprint density at radius 1 is 1.21 bits per heavy atom. The number of aromatic nitrogens is 6. The molecule has 250 valence electrons. The van der Waals surface area contributed by atoms with Crippen LogP contribution in [-0.2, 0) is 0 Å². The van der Waals surface area contributed by atoms with Crippen LogP contribution in [0.2, 0.25) is 10.0 Å². The van der Waals surface area contributed by atoms with Crippen molar-refractivity contribution in [1.29, 1.82) is 0 Å². The van der Waals surface area contributed by atoms with E-state index in [1.807, 2.05) is 24.8 Å². The monoisotopic (exact) mass is 691 g/mol. The van der Waals surface area contributed by atoms with Crippen LogP contribution in [0.3, 0.4) is 0 Å². The molecule has 3 N–H and O–H groups in total. The number of benzene rings is 1. The first-order valence-corrected chi connectivity index (χ1v) is 17.0. The van der Waals surface area contributed by atoms with E-state index in [9.17, 15) is 0 Å². The first kappa shape index (κ1) is 31.3. The fraction of sp³-hybridized carbons (Fsp3) is 0.441. The van der Waals surface area contributed by atoms with Crippen LogP contribution in [0.25, 0.3) is 33.1 Å². The topological polar surface area (TPSA) is 131 Å². The first-order valence-electron chi connectivity index (χ1n) is 16.3. The lowest BCUT2D eigenvalue weighted by Crippen LogP contribution is -2.43. The molecule has 48 heavy (non-hydrogen) atoms. The van der Waals surface area contributed by atoms with Gasteiger partial charge in [-0.1, -0.05) is 23.2 Å². The molecule has 0 bridgehead atoms. The number of fused-ring (bicyclic) bond motifs is 1. The molecule has 1 saturated heterocycles. The molecule has 0 unspecified atom stereocenters. The van der Waals surface area contributed by atoms with Crippen molar-refractivity contribution in [2.24, 2.45) is 0 Å². The van der Waals surface area contributed by atoms with Crippen LogP contribution in [0.5, 0.6) is 11.9 Å². The lowest BCUT2D eigenvalue weighted by Gasteiger charge is -2.35. The number of anilines is 2. The predicted octanol–water partition coefficient (Wildman–Crippen LogP) is 7.08. The molecule has 1 aromatic carbocycles. The lowest BCUT2D eigenvalue weighted by molar-refractivity contribution is 0.108. The molecule has 0 radical (unpaired) electrons. The molecule has 6 heterocycles. The molecule has 8 rings (SSSR count). The van der Waals surface area contributed by atoms with Crippen molar-refractivity contribution in [3.63, 3.8) is 0 Å². The fourth-order valence-electron chi connectivity index (χ4n) is 7.29. The van der Waals surface area contributed by atoms with Gasteiger partial charge in [-0.15, -0.1) is 0 Å². The van der Waals surface area contributed by atoms with Gasteiger partial charge in [0.05, 0.1) is 34.4 Å². The molecule has 2 aliphatic heterocycles. The quantitative estimate of drug-likeness (QED) is 0.182. The number of H-pyrrole nitrogens is 1. The summed E-state index contributed by atoms with van der Waals surface area (Å²) >= 11 is 13.2. The number of nitrogens with zero attached hydrogens (tertiary/aromatic N) is 7. The molecule has 1 aliphatic carbocycles. The molecule has 5 aromatic rings. The highest BCUT2D eigenvalue weighted by atomic mass is 35.5. The van der Waals surface area contributed by atoms with E-state index in [4.69, 9.17) is 53.4 Å². The number of hydrogen-bond donors (Lipinski definition) is 2. The maximum Gasteiger partial charge on any atom is 0.319 e. The van der Waals surface area contributed by atoms with Crippen molar-refractivity contribution in [3.8, 4) is 23.1 Å². The van der Waals surface area contributed by atoms with Crippen molar-refractivity contribution >= 4 is 56.6 Å². The molecule has 0 spiro atoms. The van der Waals surface area contributed by atoms with E-state index >= 15 is 4.39 Å². The van der Waals surface area contributed by atoms with Crippen molar-refractivity contribution in [2.45, 2.75) is 70.0 Å². The number of likely N-dealkylation sites (tertiary alicyclic amines) is 1. The zero-order valence-corrected chi connectivity index (χ0v) is 28.7.